The van der Waals surface area contributed by atoms with Crippen LogP contribution in [0.25, 0.3) is 0 Å². The Morgan fingerprint density at radius 2 is 2.50 bits per heavy atom. The molecule has 0 spiro atoms. The van der Waals surface area contributed by atoms with Crippen LogP contribution in [-0.4, -0.2) is 16.4 Å². The first-order valence-electron chi connectivity index (χ1n) is 3.77. The zero-order valence-corrected chi connectivity index (χ0v) is 6.22. The minimum absolute atomic E-state index is 1.11. The van der Waals surface area contributed by atoms with Gasteiger partial charge in [-0.05, 0) is 18.2 Å². The van der Waals surface area contributed by atoms with Crippen molar-refractivity contribution in [2.24, 2.45) is 0 Å². The lowest BCUT2D eigenvalue weighted by Gasteiger charge is -2.09. The fourth-order valence-electron chi connectivity index (χ4n) is 1.48. The summed E-state index contributed by atoms with van der Waals surface area (Å²) in [6.07, 6.45) is 2.03. The Bertz CT molecular complexity index is 206. The molecule has 0 aliphatic carbocycles. The third kappa shape index (κ3) is 0.762. The zero-order valence-electron chi connectivity index (χ0n) is 6.22. The van der Waals surface area contributed by atoms with Crippen molar-refractivity contribution in [1.29, 1.82) is 0 Å². The number of aromatic nitrogens is 1. The number of nitrogens with zero attached hydrogens (tertiary/aromatic N) is 1. The van der Waals surface area contributed by atoms with Gasteiger partial charge in [-0.1, -0.05) is 6.92 Å². The Morgan fingerprint density at radius 1 is 1.60 bits per heavy atom. The maximum absolute atomic E-state index is 3.24. The van der Waals surface area contributed by atoms with E-state index in [4.69, 9.17) is 0 Å². The maximum atomic E-state index is 3.24. The van der Waals surface area contributed by atoms with Gasteiger partial charge >= 0.3 is 0 Å². The summed E-state index contributed by atoms with van der Waals surface area (Å²) in [4.78, 5) is 5.66. The van der Waals surface area contributed by atoms with Gasteiger partial charge in [-0.2, -0.15) is 0 Å². The second kappa shape index (κ2) is 2.13. The van der Waals surface area contributed by atoms with Gasteiger partial charge in [0.1, 0.15) is 0 Å². The summed E-state index contributed by atoms with van der Waals surface area (Å²) in [5.74, 6) is 0. The Labute approximate surface area is 60.9 Å². The lowest BCUT2D eigenvalue weighted by atomic mass is 10.3. The van der Waals surface area contributed by atoms with Gasteiger partial charge in [0.15, 0.2) is 0 Å². The van der Waals surface area contributed by atoms with Crippen LogP contribution in [0, 0.1) is 0 Å². The maximum Gasteiger partial charge on any atom is 0.0391 e. The smallest absolute Gasteiger partial charge is 0.0391 e. The van der Waals surface area contributed by atoms with Crippen LogP contribution in [-0.2, 0) is 13.1 Å². The summed E-state index contributed by atoms with van der Waals surface area (Å²) in [7, 11) is 0. The van der Waals surface area contributed by atoms with E-state index >= 15 is 0 Å². The highest BCUT2D eigenvalue weighted by Gasteiger charge is 2.16. The summed E-state index contributed by atoms with van der Waals surface area (Å²) in [6.45, 7) is 5.60. The minimum Gasteiger partial charge on any atom is -0.364 e. The number of hydrogen-bond acceptors (Lipinski definition) is 1. The van der Waals surface area contributed by atoms with Gasteiger partial charge in [0.2, 0.25) is 0 Å². The summed E-state index contributed by atoms with van der Waals surface area (Å²) >= 11 is 0. The van der Waals surface area contributed by atoms with E-state index in [2.05, 4.69) is 22.9 Å². The molecule has 2 nitrogen and oxygen atoms in total. The van der Waals surface area contributed by atoms with E-state index in [1.54, 1.807) is 0 Å². The van der Waals surface area contributed by atoms with E-state index in [1.165, 1.54) is 11.3 Å². The number of aromatic amines is 1. The van der Waals surface area contributed by atoms with E-state index in [0.29, 0.717) is 0 Å². The van der Waals surface area contributed by atoms with Crippen LogP contribution in [0.5, 0.6) is 0 Å². The summed E-state index contributed by atoms with van der Waals surface area (Å²) in [6, 6.07) is 2.17. The largest absolute Gasteiger partial charge is 0.364 e. The van der Waals surface area contributed by atoms with Crippen molar-refractivity contribution in [2.45, 2.75) is 20.0 Å². The lowest BCUT2D eigenvalue weighted by molar-refractivity contribution is 0.298. The summed E-state index contributed by atoms with van der Waals surface area (Å²) in [5.41, 5.74) is 2.88. The number of H-pyrrole nitrogens is 1. The Hall–Kier alpha value is -0.760. The minimum atomic E-state index is 1.11. The zero-order chi connectivity index (χ0) is 6.97. The van der Waals surface area contributed by atoms with Gasteiger partial charge in [0.25, 0.3) is 0 Å². The number of nitrogens with one attached hydrogen (secondary N) is 1. The molecule has 54 valence electrons. The van der Waals surface area contributed by atoms with Crippen LogP contribution in [0.15, 0.2) is 12.3 Å². The number of hydrogen-bond donors (Lipinski definition) is 1. The molecule has 0 radical (unpaired) electrons. The normalized spacial score (nSPS) is 17.7. The fourth-order valence-corrected chi connectivity index (χ4v) is 1.48. The summed E-state index contributed by atoms with van der Waals surface area (Å²) in [5, 5.41) is 0. The second-order valence-corrected chi connectivity index (χ2v) is 2.78. The molecule has 1 N–H and O–H groups in total. The van der Waals surface area contributed by atoms with Gasteiger partial charge in [-0.25, -0.2) is 0 Å². The van der Waals surface area contributed by atoms with E-state index in [1.807, 2.05) is 6.20 Å². The molecular formula is C8H12N2. The molecule has 1 aliphatic rings. The van der Waals surface area contributed by atoms with Crippen molar-refractivity contribution in [3.05, 3.63) is 23.5 Å². The van der Waals surface area contributed by atoms with Crippen LogP contribution in [0.4, 0.5) is 0 Å². The van der Waals surface area contributed by atoms with Crippen LogP contribution in [0.3, 0.4) is 0 Å². The van der Waals surface area contributed by atoms with Gasteiger partial charge in [0.05, 0.1) is 0 Å². The first-order chi connectivity index (χ1) is 4.90. The topological polar surface area (TPSA) is 19.0 Å². The molecule has 10 heavy (non-hydrogen) atoms. The first-order valence-corrected chi connectivity index (χ1v) is 3.77. The number of fused-ring (bicyclic) bond motifs is 1. The molecule has 0 fully saturated rings. The Morgan fingerprint density at radius 3 is 3.20 bits per heavy atom. The quantitative estimate of drug-likeness (QED) is 0.617. The molecule has 0 bridgehead atoms. The van der Waals surface area contributed by atoms with Crippen LogP contribution >= 0.6 is 0 Å². The molecule has 0 atom stereocenters. The van der Waals surface area contributed by atoms with Crippen molar-refractivity contribution in [1.82, 2.24) is 9.88 Å². The van der Waals surface area contributed by atoms with E-state index in [9.17, 15) is 0 Å². The van der Waals surface area contributed by atoms with Crippen molar-refractivity contribution < 1.29 is 0 Å². The van der Waals surface area contributed by atoms with Crippen LogP contribution in [0.2, 0.25) is 0 Å². The van der Waals surface area contributed by atoms with Gasteiger partial charge in [-0.15, -0.1) is 0 Å². The SMILES string of the molecule is CCN1Cc2cc[nH]c2C1. The molecule has 1 aliphatic heterocycles. The third-order valence-corrected chi connectivity index (χ3v) is 2.15. The van der Waals surface area contributed by atoms with Crippen LogP contribution in [0.1, 0.15) is 18.2 Å². The predicted octanol–water partition coefficient (Wildman–Crippen LogP) is 1.35. The summed E-state index contributed by atoms with van der Waals surface area (Å²) < 4.78 is 0. The van der Waals surface area contributed by atoms with Crippen molar-refractivity contribution in [2.75, 3.05) is 6.54 Å². The molecule has 0 unspecified atom stereocenters. The molecule has 1 aromatic rings. The van der Waals surface area contributed by atoms with Gasteiger partial charge < -0.3 is 4.98 Å². The van der Waals surface area contributed by atoms with Gasteiger partial charge in [0, 0.05) is 25.0 Å². The molecule has 0 saturated carbocycles. The van der Waals surface area contributed by atoms with Crippen molar-refractivity contribution >= 4 is 0 Å². The molecular weight excluding hydrogens is 124 g/mol. The molecule has 0 amide bonds. The number of rotatable bonds is 1. The second-order valence-electron chi connectivity index (χ2n) is 2.78. The monoisotopic (exact) mass is 136 g/mol. The van der Waals surface area contributed by atoms with E-state index in [-0.39, 0.29) is 0 Å². The van der Waals surface area contributed by atoms with Gasteiger partial charge in [-0.3, -0.25) is 4.90 Å². The molecule has 0 aromatic carbocycles. The first kappa shape index (κ1) is 5.98. The molecule has 2 rings (SSSR count). The third-order valence-electron chi connectivity index (χ3n) is 2.15. The Kier molecular flexibility index (Phi) is 1.27. The molecule has 0 saturated heterocycles. The molecule has 2 heteroatoms. The van der Waals surface area contributed by atoms with E-state index < -0.39 is 0 Å². The highest BCUT2D eigenvalue weighted by Crippen LogP contribution is 2.19. The highest BCUT2D eigenvalue weighted by molar-refractivity contribution is 5.23. The van der Waals surface area contributed by atoms with Crippen LogP contribution < -0.4 is 0 Å². The highest BCUT2D eigenvalue weighted by atomic mass is 15.1. The standard InChI is InChI=1S/C8H12N2/c1-2-10-5-7-3-4-9-8(7)6-10/h3-4,9H,2,5-6H2,1H3. The van der Waals surface area contributed by atoms with E-state index in [0.717, 1.165) is 19.6 Å². The average Bonchev–Trinajstić information content (AvgIpc) is 2.42. The van der Waals surface area contributed by atoms with Crippen molar-refractivity contribution in [3.63, 3.8) is 0 Å². The molecule has 1 aromatic heterocycles. The average molecular weight is 136 g/mol. The molecule has 2 heterocycles. The predicted molar refractivity (Wildman–Crippen MR) is 40.6 cm³/mol. The van der Waals surface area contributed by atoms with Crippen molar-refractivity contribution in [3.8, 4) is 0 Å². The Balaban J connectivity index is 2.21. The fraction of sp³-hybridized carbons (Fsp3) is 0.500. The lowest BCUT2D eigenvalue weighted by Crippen LogP contribution is -2.15.